The van der Waals surface area contributed by atoms with Crippen molar-refractivity contribution in [2.45, 2.75) is 43.2 Å². The van der Waals surface area contributed by atoms with Gasteiger partial charge >= 0.3 is 0 Å². The maximum absolute atomic E-state index is 12.7. The van der Waals surface area contributed by atoms with Crippen molar-refractivity contribution in [2.75, 3.05) is 31.5 Å². The largest absolute Gasteiger partial charge is 0.366 e. The Morgan fingerprint density at radius 1 is 1.00 bits per heavy atom. The first-order valence-corrected chi connectivity index (χ1v) is 11.5. The van der Waals surface area contributed by atoms with E-state index < -0.39 is 10.0 Å². The number of rotatable bonds is 6. The summed E-state index contributed by atoms with van der Waals surface area (Å²) in [5, 5.41) is 3.45. The number of pyridine rings is 1. The second-order valence-electron chi connectivity index (χ2n) is 7.69. The molecule has 1 unspecified atom stereocenters. The lowest BCUT2D eigenvalue weighted by Crippen LogP contribution is -2.35. The predicted molar refractivity (Wildman–Crippen MR) is 111 cm³/mol. The van der Waals surface area contributed by atoms with E-state index in [9.17, 15) is 8.42 Å². The first kappa shape index (κ1) is 19.4. The van der Waals surface area contributed by atoms with E-state index >= 15 is 0 Å². The highest BCUT2D eigenvalue weighted by atomic mass is 32.2. The van der Waals surface area contributed by atoms with E-state index in [1.54, 1.807) is 16.4 Å². The summed E-state index contributed by atoms with van der Waals surface area (Å²) >= 11 is 0. The summed E-state index contributed by atoms with van der Waals surface area (Å²) in [7, 11) is -3.41. The lowest BCUT2D eigenvalue weighted by Gasteiger charge is -2.25. The Labute approximate surface area is 167 Å². The topological polar surface area (TPSA) is 65.5 Å². The van der Waals surface area contributed by atoms with E-state index in [1.165, 1.54) is 11.8 Å². The highest BCUT2D eigenvalue weighted by Crippen LogP contribution is 2.22. The zero-order chi connectivity index (χ0) is 19.4. The third kappa shape index (κ3) is 4.54. The molecule has 4 rings (SSSR count). The van der Waals surface area contributed by atoms with E-state index in [-0.39, 0.29) is 4.90 Å². The first-order chi connectivity index (χ1) is 13.6. The SMILES string of the molecule is O=S(=O)(c1ccc(NC2CCN(Cc3ccccc3)C2)nc1)N1CCCCC1. The van der Waals surface area contributed by atoms with Crippen molar-refractivity contribution in [3.63, 3.8) is 0 Å². The smallest absolute Gasteiger partial charge is 0.244 e. The molecule has 1 aromatic heterocycles. The van der Waals surface area contributed by atoms with Crippen LogP contribution in [0.3, 0.4) is 0 Å². The molecule has 1 N–H and O–H groups in total. The predicted octanol–water partition coefficient (Wildman–Crippen LogP) is 2.94. The number of benzene rings is 1. The average Bonchev–Trinajstić information content (AvgIpc) is 3.16. The Balaban J connectivity index is 1.33. The minimum atomic E-state index is -3.41. The second-order valence-corrected chi connectivity index (χ2v) is 9.63. The van der Waals surface area contributed by atoms with Crippen molar-refractivity contribution < 1.29 is 8.42 Å². The molecule has 0 radical (unpaired) electrons. The Kier molecular flexibility index (Phi) is 5.94. The average molecular weight is 401 g/mol. The number of anilines is 1. The number of aromatic nitrogens is 1. The van der Waals surface area contributed by atoms with Gasteiger partial charge in [0.1, 0.15) is 10.7 Å². The Bertz CT molecular complexity index is 865. The van der Waals surface area contributed by atoms with E-state index in [4.69, 9.17) is 0 Å². The number of likely N-dealkylation sites (tertiary alicyclic amines) is 1. The normalized spacial score (nSPS) is 21.6. The Hall–Kier alpha value is -1.96. The number of hydrogen-bond donors (Lipinski definition) is 1. The van der Waals surface area contributed by atoms with Gasteiger partial charge in [-0.2, -0.15) is 4.31 Å². The van der Waals surface area contributed by atoms with E-state index in [0.717, 1.165) is 51.1 Å². The summed E-state index contributed by atoms with van der Waals surface area (Å²) < 4.78 is 27.0. The van der Waals surface area contributed by atoms with E-state index in [2.05, 4.69) is 39.5 Å². The van der Waals surface area contributed by atoms with Crippen molar-refractivity contribution in [2.24, 2.45) is 0 Å². The Morgan fingerprint density at radius 3 is 2.50 bits per heavy atom. The standard InChI is InChI=1S/C21H28N4O2S/c26-28(27,25-12-5-2-6-13-25)20-9-10-21(22-15-20)23-19-11-14-24(17-19)16-18-7-3-1-4-8-18/h1,3-4,7-10,15,19H,2,5-6,11-14,16-17H2,(H,22,23). The molecule has 7 heteroatoms. The molecule has 28 heavy (non-hydrogen) atoms. The molecule has 0 aliphatic carbocycles. The minimum Gasteiger partial charge on any atom is -0.366 e. The number of hydrogen-bond acceptors (Lipinski definition) is 5. The van der Waals surface area contributed by atoms with Crippen LogP contribution in [0.4, 0.5) is 5.82 Å². The minimum absolute atomic E-state index is 0.289. The number of nitrogens with one attached hydrogen (secondary N) is 1. The van der Waals surface area contributed by atoms with Gasteiger partial charge in [0.2, 0.25) is 10.0 Å². The van der Waals surface area contributed by atoms with Gasteiger partial charge in [0.05, 0.1) is 0 Å². The van der Waals surface area contributed by atoms with Crippen LogP contribution in [-0.4, -0.2) is 54.8 Å². The second kappa shape index (κ2) is 8.59. The van der Waals surface area contributed by atoms with Crippen LogP contribution >= 0.6 is 0 Å². The molecule has 2 aliphatic rings. The molecule has 0 bridgehead atoms. The highest BCUT2D eigenvalue weighted by Gasteiger charge is 2.27. The van der Waals surface area contributed by atoms with Crippen molar-refractivity contribution in [3.05, 3.63) is 54.2 Å². The molecule has 1 atom stereocenters. The van der Waals surface area contributed by atoms with Crippen LogP contribution < -0.4 is 5.32 Å². The summed E-state index contributed by atoms with van der Waals surface area (Å²) in [4.78, 5) is 7.10. The molecule has 2 saturated heterocycles. The zero-order valence-electron chi connectivity index (χ0n) is 16.1. The lowest BCUT2D eigenvalue weighted by atomic mass is 10.2. The quantitative estimate of drug-likeness (QED) is 0.808. The van der Waals surface area contributed by atoms with Crippen LogP contribution in [0.5, 0.6) is 0 Å². The van der Waals surface area contributed by atoms with Gasteiger partial charge in [0.25, 0.3) is 0 Å². The van der Waals surface area contributed by atoms with Crippen LogP contribution in [0.1, 0.15) is 31.2 Å². The van der Waals surface area contributed by atoms with E-state index in [1.807, 2.05) is 6.07 Å². The fourth-order valence-corrected chi connectivity index (χ4v) is 5.48. The van der Waals surface area contributed by atoms with Gasteiger partial charge in [-0.1, -0.05) is 36.8 Å². The molecule has 2 aliphatic heterocycles. The lowest BCUT2D eigenvalue weighted by molar-refractivity contribution is 0.328. The van der Waals surface area contributed by atoms with Gasteiger partial charge in [0.15, 0.2) is 0 Å². The first-order valence-electron chi connectivity index (χ1n) is 10.1. The van der Waals surface area contributed by atoms with Gasteiger partial charge in [-0.05, 0) is 37.0 Å². The molecular formula is C21H28N4O2S. The van der Waals surface area contributed by atoms with Crippen LogP contribution in [0.15, 0.2) is 53.6 Å². The number of piperidine rings is 1. The molecule has 2 fully saturated rings. The van der Waals surface area contributed by atoms with Crippen molar-refractivity contribution >= 4 is 15.8 Å². The number of nitrogens with zero attached hydrogens (tertiary/aromatic N) is 3. The molecule has 6 nitrogen and oxygen atoms in total. The van der Waals surface area contributed by atoms with E-state index in [0.29, 0.717) is 19.1 Å². The molecule has 0 amide bonds. The molecule has 0 saturated carbocycles. The third-order valence-electron chi connectivity index (χ3n) is 5.56. The fourth-order valence-electron chi connectivity index (χ4n) is 4.02. The molecule has 0 spiro atoms. The summed E-state index contributed by atoms with van der Waals surface area (Å²) in [6.07, 6.45) is 5.53. The zero-order valence-corrected chi connectivity index (χ0v) is 16.9. The van der Waals surface area contributed by atoms with Gasteiger partial charge in [-0.3, -0.25) is 4.90 Å². The van der Waals surface area contributed by atoms with Gasteiger partial charge in [0, 0.05) is 45.0 Å². The van der Waals surface area contributed by atoms with Crippen molar-refractivity contribution in [1.29, 1.82) is 0 Å². The van der Waals surface area contributed by atoms with Gasteiger partial charge in [-0.15, -0.1) is 0 Å². The molecular weight excluding hydrogens is 372 g/mol. The van der Waals surface area contributed by atoms with Crippen LogP contribution in [0, 0.1) is 0 Å². The van der Waals surface area contributed by atoms with Crippen LogP contribution in [-0.2, 0) is 16.6 Å². The summed E-state index contributed by atoms with van der Waals surface area (Å²) in [6.45, 7) is 4.20. The maximum atomic E-state index is 12.7. The molecule has 2 aromatic rings. The highest BCUT2D eigenvalue weighted by molar-refractivity contribution is 7.89. The van der Waals surface area contributed by atoms with Crippen molar-refractivity contribution in [1.82, 2.24) is 14.2 Å². The van der Waals surface area contributed by atoms with Crippen molar-refractivity contribution in [3.8, 4) is 0 Å². The summed E-state index contributed by atoms with van der Waals surface area (Å²) in [5.74, 6) is 0.740. The van der Waals surface area contributed by atoms with Gasteiger partial charge < -0.3 is 5.32 Å². The third-order valence-corrected chi connectivity index (χ3v) is 7.44. The monoisotopic (exact) mass is 400 g/mol. The van der Waals surface area contributed by atoms with Gasteiger partial charge in [-0.25, -0.2) is 13.4 Å². The van der Waals surface area contributed by atoms with Crippen LogP contribution in [0.2, 0.25) is 0 Å². The molecule has 150 valence electrons. The molecule has 1 aromatic carbocycles. The Morgan fingerprint density at radius 2 is 1.79 bits per heavy atom. The van der Waals surface area contributed by atoms with Crippen LogP contribution in [0.25, 0.3) is 0 Å². The molecule has 3 heterocycles. The summed E-state index contributed by atoms with van der Waals surface area (Å²) in [5.41, 5.74) is 1.33. The fraction of sp³-hybridized carbons (Fsp3) is 0.476. The maximum Gasteiger partial charge on any atom is 0.244 e. The summed E-state index contributed by atoms with van der Waals surface area (Å²) in [6, 6.07) is 14.3. The number of sulfonamides is 1.